The van der Waals surface area contributed by atoms with Crippen molar-refractivity contribution in [2.24, 2.45) is 5.10 Å². The molecule has 0 aliphatic rings. The number of amides is 1. The number of nitrogens with zero attached hydrogens (tertiary/aromatic N) is 1. The van der Waals surface area contributed by atoms with E-state index in [1.54, 1.807) is 19.4 Å². The van der Waals surface area contributed by atoms with Gasteiger partial charge in [0.2, 0.25) is 0 Å². The van der Waals surface area contributed by atoms with Crippen molar-refractivity contribution in [2.45, 2.75) is 20.5 Å². The van der Waals surface area contributed by atoms with Gasteiger partial charge in [-0.3, -0.25) is 4.79 Å². The summed E-state index contributed by atoms with van der Waals surface area (Å²) in [5.74, 6) is 1.56. The van der Waals surface area contributed by atoms with Crippen LogP contribution in [0.25, 0.3) is 0 Å². The van der Waals surface area contributed by atoms with Crippen molar-refractivity contribution in [3.63, 3.8) is 0 Å². The third-order valence-corrected chi connectivity index (χ3v) is 4.69. The molecule has 0 unspecified atom stereocenters. The van der Waals surface area contributed by atoms with Crippen LogP contribution in [0.1, 0.15) is 22.3 Å². The molecule has 31 heavy (non-hydrogen) atoms. The third kappa shape index (κ3) is 6.34. The van der Waals surface area contributed by atoms with E-state index in [9.17, 15) is 4.79 Å². The number of carbonyl (C=O) groups excluding carboxylic acids is 1. The minimum Gasteiger partial charge on any atom is -0.493 e. The maximum atomic E-state index is 11.9. The zero-order valence-corrected chi connectivity index (χ0v) is 17.9. The van der Waals surface area contributed by atoms with Crippen molar-refractivity contribution in [1.29, 1.82) is 0 Å². The van der Waals surface area contributed by atoms with E-state index >= 15 is 0 Å². The summed E-state index contributed by atoms with van der Waals surface area (Å²) < 4.78 is 16.9. The molecule has 3 aromatic rings. The fourth-order valence-corrected chi connectivity index (χ4v) is 2.88. The summed E-state index contributed by atoms with van der Waals surface area (Å²) in [7, 11) is 1.58. The molecule has 0 aromatic heterocycles. The van der Waals surface area contributed by atoms with E-state index in [1.165, 1.54) is 5.56 Å². The highest BCUT2D eigenvalue weighted by Gasteiger charge is 2.07. The number of benzene rings is 3. The van der Waals surface area contributed by atoms with E-state index < -0.39 is 0 Å². The van der Waals surface area contributed by atoms with Gasteiger partial charge in [-0.2, -0.15) is 5.10 Å². The first-order chi connectivity index (χ1) is 15.1. The molecule has 6 heteroatoms. The average Bonchev–Trinajstić information content (AvgIpc) is 2.78. The van der Waals surface area contributed by atoms with Crippen LogP contribution >= 0.6 is 0 Å². The molecule has 0 radical (unpaired) electrons. The first-order valence-electron chi connectivity index (χ1n) is 9.92. The molecule has 3 rings (SSSR count). The van der Waals surface area contributed by atoms with E-state index in [0.29, 0.717) is 23.9 Å². The van der Waals surface area contributed by atoms with Crippen LogP contribution in [-0.4, -0.2) is 25.8 Å². The monoisotopic (exact) mass is 418 g/mol. The number of para-hydroxylation sites is 1. The van der Waals surface area contributed by atoms with E-state index in [4.69, 9.17) is 14.2 Å². The smallest absolute Gasteiger partial charge is 0.277 e. The Hall–Kier alpha value is -3.80. The fourth-order valence-electron chi connectivity index (χ4n) is 2.88. The summed E-state index contributed by atoms with van der Waals surface area (Å²) >= 11 is 0. The first-order valence-corrected chi connectivity index (χ1v) is 9.92. The van der Waals surface area contributed by atoms with Crippen LogP contribution in [0.15, 0.2) is 71.8 Å². The van der Waals surface area contributed by atoms with Crippen LogP contribution in [0.2, 0.25) is 0 Å². The normalized spacial score (nSPS) is 10.7. The van der Waals surface area contributed by atoms with Crippen LogP contribution in [0.4, 0.5) is 0 Å². The minimum atomic E-state index is -0.343. The van der Waals surface area contributed by atoms with E-state index in [0.717, 1.165) is 16.7 Å². The number of rotatable bonds is 9. The second kappa shape index (κ2) is 10.8. The van der Waals surface area contributed by atoms with Gasteiger partial charge in [-0.1, -0.05) is 42.5 Å². The molecule has 0 heterocycles. The largest absolute Gasteiger partial charge is 0.493 e. The minimum absolute atomic E-state index is 0.114. The quantitative estimate of drug-likeness (QED) is 0.413. The Kier molecular flexibility index (Phi) is 7.65. The summed E-state index contributed by atoms with van der Waals surface area (Å²) in [5.41, 5.74) is 6.48. The Morgan fingerprint density at radius 2 is 1.65 bits per heavy atom. The van der Waals surface area contributed by atoms with Crippen molar-refractivity contribution in [3.8, 4) is 17.2 Å². The van der Waals surface area contributed by atoms with Gasteiger partial charge in [-0.15, -0.1) is 0 Å². The molecule has 6 nitrogen and oxygen atoms in total. The standard InChI is InChI=1S/C25H26N2O4/c1-18-8-4-6-10-21(18)16-30-23-13-12-20(14-24(23)29-3)15-26-27-25(28)17-31-22-11-7-5-9-19(22)2/h4-15H,16-17H2,1-3H3,(H,27,28)/b26-15+. The Balaban J connectivity index is 1.54. The number of hydrogen-bond acceptors (Lipinski definition) is 5. The molecule has 0 spiro atoms. The predicted octanol–water partition coefficient (Wildman–Crippen LogP) is 4.42. The van der Waals surface area contributed by atoms with Gasteiger partial charge in [0.15, 0.2) is 18.1 Å². The zero-order valence-electron chi connectivity index (χ0n) is 17.9. The van der Waals surface area contributed by atoms with Crippen LogP contribution in [0.5, 0.6) is 17.2 Å². The predicted molar refractivity (Wildman–Crippen MR) is 121 cm³/mol. The summed E-state index contributed by atoms with van der Waals surface area (Å²) in [5, 5.41) is 3.99. The summed E-state index contributed by atoms with van der Waals surface area (Å²) in [4.78, 5) is 11.9. The molecule has 160 valence electrons. The highest BCUT2D eigenvalue weighted by molar-refractivity contribution is 5.83. The number of carbonyl (C=O) groups is 1. The molecular formula is C25H26N2O4. The molecule has 0 aliphatic heterocycles. The van der Waals surface area contributed by atoms with Gasteiger partial charge in [-0.25, -0.2) is 5.43 Å². The van der Waals surface area contributed by atoms with Gasteiger partial charge < -0.3 is 14.2 Å². The average molecular weight is 418 g/mol. The first kappa shape index (κ1) is 21.9. The van der Waals surface area contributed by atoms with Crippen molar-refractivity contribution < 1.29 is 19.0 Å². The zero-order chi connectivity index (χ0) is 22.1. The fraction of sp³-hybridized carbons (Fsp3) is 0.200. The number of methoxy groups -OCH3 is 1. The summed E-state index contributed by atoms with van der Waals surface area (Å²) in [6, 6.07) is 21.1. The lowest BCUT2D eigenvalue weighted by Crippen LogP contribution is -2.24. The Labute approximate surface area is 182 Å². The number of nitrogens with one attached hydrogen (secondary N) is 1. The molecule has 0 saturated carbocycles. The Morgan fingerprint density at radius 3 is 2.39 bits per heavy atom. The summed E-state index contributed by atoms with van der Waals surface area (Å²) in [6.07, 6.45) is 1.54. The third-order valence-electron chi connectivity index (χ3n) is 4.69. The Morgan fingerprint density at radius 1 is 0.903 bits per heavy atom. The molecule has 0 atom stereocenters. The topological polar surface area (TPSA) is 69.2 Å². The van der Waals surface area contributed by atoms with Gasteiger partial charge in [-0.05, 0) is 60.4 Å². The second-order valence-electron chi connectivity index (χ2n) is 6.97. The maximum Gasteiger partial charge on any atom is 0.277 e. The van der Waals surface area contributed by atoms with E-state index in [2.05, 4.69) is 23.5 Å². The number of aryl methyl sites for hydroxylation is 2. The van der Waals surface area contributed by atoms with Crippen molar-refractivity contribution in [3.05, 3.63) is 89.0 Å². The molecule has 3 aromatic carbocycles. The van der Waals surface area contributed by atoms with Crippen molar-refractivity contribution in [2.75, 3.05) is 13.7 Å². The maximum absolute atomic E-state index is 11.9. The van der Waals surface area contributed by atoms with Crippen LogP contribution in [0.3, 0.4) is 0 Å². The van der Waals surface area contributed by atoms with Gasteiger partial charge in [0.1, 0.15) is 12.4 Å². The molecule has 1 amide bonds. The molecular weight excluding hydrogens is 392 g/mol. The van der Waals surface area contributed by atoms with Gasteiger partial charge in [0, 0.05) is 0 Å². The van der Waals surface area contributed by atoms with Crippen LogP contribution in [-0.2, 0) is 11.4 Å². The highest BCUT2D eigenvalue weighted by Crippen LogP contribution is 2.28. The van der Waals surface area contributed by atoms with E-state index in [1.807, 2.05) is 61.5 Å². The van der Waals surface area contributed by atoms with Crippen LogP contribution in [0, 0.1) is 13.8 Å². The van der Waals surface area contributed by atoms with Gasteiger partial charge in [0.05, 0.1) is 13.3 Å². The van der Waals surface area contributed by atoms with Gasteiger partial charge >= 0.3 is 0 Å². The molecule has 0 bridgehead atoms. The van der Waals surface area contributed by atoms with Gasteiger partial charge in [0.25, 0.3) is 5.91 Å². The number of hydrazone groups is 1. The van der Waals surface area contributed by atoms with Crippen molar-refractivity contribution >= 4 is 12.1 Å². The molecule has 1 N–H and O–H groups in total. The number of hydrogen-bond donors (Lipinski definition) is 1. The SMILES string of the molecule is COc1cc(/C=N/NC(=O)COc2ccccc2C)ccc1OCc1ccccc1C. The second-order valence-corrected chi connectivity index (χ2v) is 6.97. The van der Waals surface area contributed by atoms with Crippen molar-refractivity contribution in [1.82, 2.24) is 5.43 Å². The van der Waals surface area contributed by atoms with E-state index in [-0.39, 0.29) is 12.5 Å². The molecule has 0 fully saturated rings. The van der Waals surface area contributed by atoms with Crippen LogP contribution < -0.4 is 19.6 Å². The lowest BCUT2D eigenvalue weighted by molar-refractivity contribution is -0.123. The molecule has 0 aliphatic carbocycles. The lowest BCUT2D eigenvalue weighted by Gasteiger charge is -2.12. The lowest BCUT2D eigenvalue weighted by atomic mass is 10.1. The molecule has 0 saturated heterocycles. The number of ether oxygens (including phenoxy) is 3. The summed E-state index contributed by atoms with van der Waals surface area (Å²) in [6.45, 7) is 4.31. The highest BCUT2D eigenvalue weighted by atomic mass is 16.5. The Bertz CT molecular complexity index is 1060.